The quantitative estimate of drug-likeness (QED) is 0.528. The van der Waals surface area contributed by atoms with E-state index in [2.05, 4.69) is 33.2 Å². The normalized spacial score (nSPS) is 13.3. The van der Waals surface area contributed by atoms with Crippen molar-refractivity contribution in [3.8, 4) is 5.69 Å². The molecule has 0 aliphatic carbocycles. The molecular weight excluding hydrogens is 396 g/mol. The average Bonchev–Trinajstić information content (AvgIpc) is 3.46. The smallest absolute Gasteiger partial charge is 0.335 e. The van der Waals surface area contributed by atoms with Gasteiger partial charge in [-0.15, -0.1) is 11.3 Å². The van der Waals surface area contributed by atoms with E-state index < -0.39 is 5.97 Å². The molecule has 0 amide bonds. The summed E-state index contributed by atoms with van der Waals surface area (Å²) in [5, 5.41) is 14.5. The first-order valence-electron chi connectivity index (χ1n) is 9.79. The Labute approximate surface area is 178 Å². The molecule has 0 radical (unpaired) electrons. The lowest BCUT2D eigenvalue weighted by molar-refractivity contribution is 0.0696. The van der Waals surface area contributed by atoms with Gasteiger partial charge in [-0.2, -0.15) is 5.10 Å². The Balaban J connectivity index is 1.32. The fourth-order valence-corrected chi connectivity index (χ4v) is 4.78. The number of anilines is 1. The van der Waals surface area contributed by atoms with Crippen molar-refractivity contribution in [1.82, 2.24) is 14.8 Å². The van der Waals surface area contributed by atoms with Crippen molar-refractivity contribution in [2.24, 2.45) is 0 Å². The minimum Gasteiger partial charge on any atom is -0.478 e. The first-order valence-corrected chi connectivity index (χ1v) is 10.6. The maximum absolute atomic E-state index is 11.3. The number of carboxylic acids is 1. The van der Waals surface area contributed by atoms with E-state index in [0.717, 1.165) is 35.8 Å². The lowest BCUT2D eigenvalue weighted by Crippen LogP contribution is -2.30. The zero-order valence-corrected chi connectivity index (χ0v) is 17.0. The Kier molecular flexibility index (Phi) is 4.80. The molecule has 1 aliphatic rings. The summed E-state index contributed by atoms with van der Waals surface area (Å²) in [6.45, 7) is 1.58. The predicted molar refractivity (Wildman–Crippen MR) is 117 cm³/mol. The molecule has 2 aromatic carbocycles. The Morgan fingerprint density at radius 1 is 1.13 bits per heavy atom. The molecular formula is C23H20N4O2S. The van der Waals surface area contributed by atoms with E-state index in [-0.39, 0.29) is 0 Å². The van der Waals surface area contributed by atoms with Gasteiger partial charge in [-0.1, -0.05) is 18.2 Å². The minimum atomic E-state index is -0.885. The number of hydrogen-bond acceptors (Lipinski definition) is 5. The summed E-state index contributed by atoms with van der Waals surface area (Å²) in [7, 11) is 0. The maximum atomic E-state index is 11.3. The SMILES string of the molecule is O=C(O)c1ccc2c(c1)CN(c1ncc(Cc3cccc(-n4cccn4)c3)s1)CC2. The number of nitrogens with zero attached hydrogens (tertiary/aromatic N) is 4. The zero-order valence-electron chi connectivity index (χ0n) is 16.2. The van der Waals surface area contributed by atoms with Gasteiger partial charge in [0.2, 0.25) is 0 Å². The van der Waals surface area contributed by atoms with Crippen LogP contribution >= 0.6 is 11.3 Å². The third kappa shape index (κ3) is 3.71. The zero-order chi connectivity index (χ0) is 20.5. The van der Waals surface area contributed by atoms with Crippen LogP contribution in [0.1, 0.15) is 31.9 Å². The molecule has 0 fully saturated rings. The van der Waals surface area contributed by atoms with Crippen LogP contribution in [0.4, 0.5) is 5.13 Å². The van der Waals surface area contributed by atoms with E-state index >= 15 is 0 Å². The first kappa shape index (κ1) is 18.6. The predicted octanol–water partition coefficient (Wildman–Crippen LogP) is 4.18. The van der Waals surface area contributed by atoms with Crippen LogP contribution in [0.3, 0.4) is 0 Å². The highest BCUT2D eigenvalue weighted by molar-refractivity contribution is 7.15. The highest BCUT2D eigenvalue weighted by atomic mass is 32.1. The molecule has 0 bridgehead atoms. The number of fused-ring (bicyclic) bond motifs is 1. The van der Waals surface area contributed by atoms with Crippen molar-refractivity contribution in [3.05, 3.63) is 94.3 Å². The number of thiazole rings is 1. The van der Waals surface area contributed by atoms with Gasteiger partial charge in [0, 0.05) is 43.0 Å². The molecule has 0 unspecified atom stereocenters. The third-order valence-electron chi connectivity index (χ3n) is 5.34. The number of hydrogen-bond donors (Lipinski definition) is 1. The molecule has 0 atom stereocenters. The summed E-state index contributed by atoms with van der Waals surface area (Å²) in [5.41, 5.74) is 4.90. The molecule has 6 nitrogen and oxygen atoms in total. The van der Waals surface area contributed by atoms with Gasteiger partial charge in [-0.05, 0) is 53.4 Å². The third-order valence-corrected chi connectivity index (χ3v) is 6.39. The molecule has 1 aliphatic heterocycles. The van der Waals surface area contributed by atoms with Gasteiger partial charge in [-0.3, -0.25) is 0 Å². The van der Waals surface area contributed by atoms with E-state index in [9.17, 15) is 9.90 Å². The average molecular weight is 417 g/mol. The van der Waals surface area contributed by atoms with Crippen LogP contribution in [0.2, 0.25) is 0 Å². The number of aromatic nitrogens is 3. The van der Waals surface area contributed by atoms with Crippen LogP contribution in [-0.2, 0) is 19.4 Å². The molecule has 1 N–H and O–H groups in total. The van der Waals surface area contributed by atoms with Gasteiger partial charge >= 0.3 is 5.97 Å². The molecule has 3 heterocycles. The second-order valence-corrected chi connectivity index (χ2v) is 8.46. The highest BCUT2D eigenvalue weighted by Crippen LogP contribution is 2.30. The molecule has 2 aromatic heterocycles. The number of aromatic carboxylic acids is 1. The molecule has 7 heteroatoms. The Morgan fingerprint density at radius 2 is 2.07 bits per heavy atom. The molecule has 0 spiro atoms. The van der Waals surface area contributed by atoms with Crippen molar-refractivity contribution in [3.63, 3.8) is 0 Å². The summed E-state index contributed by atoms with van der Waals surface area (Å²) in [5.74, 6) is -0.885. The summed E-state index contributed by atoms with van der Waals surface area (Å²) in [6, 6.07) is 15.7. The fraction of sp³-hybridized carbons (Fsp3) is 0.174. The molecule has 0 saturated carbocycles. The van der Waals surface area contributed by atoms with Crippen molar-refractivity contribution in [2.75, 3.05) is 11.4 Å². The Hall–Kier alpha value is -3.45. The number of benzene rings is 2. The van der Waals surface area contributed by atoms with E-state index in [1.165, 1.54) is 16.0 Å². The molecule has 4 aromatic rings. The number of rotatable bonds is 5. The second-order valence-electron chi connectivity index (χ2n) is 7.37. The first-order chi connectivity index (χ1) is 14.7. The number of carbonyl (C=O) groups is 1. The van der Waals surface area contributed by atoms with Crippen molar-refractivity contribution < 1.29 is 9.90 Å². The largest absolute Gasteiger partial charge is 0.478 e. The van der Waals surface area contributed by atoms with Gasteiger partial charge in [0.25, 0.3) is 0 Å². The summed E-state index contributed by atoms with van der Waals surface area (Å²) in [6.07, 6.45) is 7.38. The number of carboxylic acid groups (broad SMARTS) is 1. The van der Waals surface area contributed by atoms with Crippen molar-refractivity contribution >= 4 is 22.4 Å². The standard InChI is InChI=1S/C23H20N4O2S/c28-22(29)18-6-5-17-7-10-26(15-19(17)13-18)23-24-14-21(30-23)12-16-3-1-4-20(11-16)27-9-2-8-25-27/h1-6,8-9,11,13-14H,7,10,12,15H2,(H,28,29). The highest BCUT2D eigenvalue weighted by Gasteiger charge is 2.20. The lowest BCUT2D eigenvalue weighted by Gasteiger charge is -2.28. The van der Waals surface area contributed by atoms with Crippen LogP contribution < -0.4 is 4.90 Å². The summed E-state index contributed by atoms with van der Waals surface area (Å²) in [4.78, 5) is 19.4. The Bertz CT molecular complexity index is 1200. The fourth-order valence-electron chi connectivity index (χ4n) is 3.81. The van der Waals surface area contributed by atoms with Crippen molar-refractivity contribution in [2.45, 2.75) is 19.4 Å². The van der Waals surface area contributed by atoms with Crippen molar-refractivity contribution in [1.29, 1.82) is 0 Å². The van der Waals surface area contributed by atoms with E-state index in [1.54, 1.807) is 29.7 Å². The van der Waals surface area contributed by atoms with Crippen LogP contribution in [0.25, 0.3) is 5.69 Å². The van der Waals surface area contributed by atoms with E-state index in [4.69, 9.17) is 0 Å². The monoisotopic (exact) mass is 416 g/mol. The minimum absolute atomic E-state index is 0.340. The van der Waals surface area contributed by atoms with Gasteiger partial charge in [-0.25, -0.2) is 14.5 Å². The van der Waals surface area contributed by atoms with Gasteiger partial charge in [0.15, 0.2) is 5.13 Å². The topological polar surface area (TPSA) is 71.2 Å². The van der Waals surface area contributed by atoms with Gasteiger partial charge < -0.3 is 10.0 Å². The van der Waals surface area contributed by atoms with Crippen LogP contribution in [-0.4, -0.2) is 32.4 Å². The second kappa shape index (κ2) is 7.76. The van der Waals surface area contributed by atoms with Gasteiger partial charge in [0.05, 0.1) is 11.3 Å². The summed E-state index contributed by atoms with van der Waals surface area (Å²) < 4.78 is 1.86. The van der Waals surface area contributed by atoms with Gasteiger partial charge in [0.1, 0.15) is 0 Å². The lowest BCUT2D eigenvalue weighted by atomic mass is 9.98. The molecule has 30 heavy (non-hydrogen) atoms. The van der Waals surface area contributed by atoms with Crippen LogP contribution in [0.5, 0.6) is 0 Å². The molecule has 0 saturated heterocycles. The Morgan fingerprint density at radius 3 is 2.90 bits per heavy atom. The van der Waals surface area contributed by atoms with Crippen LogP contribution in [0.15, 0.2) is 67.1 Å². The summed E-state index contributed by atoms with van der Waals surface area (Å²) >= 11 is 1.70. The van der Waals surface area contributed by atoms with E-state index in [1.807, 2.05) is 35.3 Å². The van der Waals surface area contributed by atoms with Crippen LogP contribution in [0, 0.1) is 0 Å². The van der Waals surface area contributed by atoms with E-state index in [0.29, 0.717) is 12.1 Å². The maximum Gasteiger partial charge on any atom is 0.335 e. The molecule has 5 rings (SSSR count). The molecule has 150 valence electrons.